The van der Waals surface area contributed by atoms with Crippen molar-refractivity contribution < 1.29 is 30.8 Å². The maximum atomic E-state index is 13.2. The molecule has 33 heavy (non-hydrogen) atoms. The van der Waals surface area contributed by atoms with Crippen LogP contribution in [0.3, 0.4) is 0 Å². The van der Waals surface area contributed by atoms with Crippen LogP contribution in [-0.4, -0.2) is 24.2 Å². The van der Waals surface area contributed by atoms with Crippen LogP contribution in [0.2, 0.25) is 5.02 Å². The second-order valence-electron chi connectivity index (χ2n) is 6.87. The zero-order chi connectivity index (χ0) is 24.2. The van der Waals surface area contributed by atoms with Crippen molar-refractivity contribution in [1.82, 2.24) is 14.7 Å². The third kappa shape index (κ3) is 6.34. The molecular formula is C21H16ClF4N3O3S. The number of alkyl halides is 3. The van der Waals surface area contributed by atoms with E-state index in [1.165, 1.54) is 30.6 Å². The van der Waals surface area contributed by atoms with E-state index >= 15 is 0 Å². The highest BCUT2D eigenvalue weighted by Crippen LogP contribution is 2.31. The SMILES string of the molecule is O=C(CCc1ncccc1C(F)(F)F)c1ccc(CNS(=O)(=O)c2ccc(F)c(Cl)c2)cn1. The molecule has 0 aliphatic rings. The Morgan fingerprint density at radius 1 is 1.09 bits per heavy atom. The third-order valence-corrected chi connectivity index (χ3v) is 6.25. The Kier molecular flexibility index (Phi) is 7.45. The largest absolute Gasteiger partial charge is 0.418 e. The average Bonchev–Trinajstić information content (AvgIpc) is 2.78. The first-order valence-electron chi connectivity index (χ1n) is 9.41. The molecule has 2 aromatic heterocycles. The fourth-order valence-corrected chi connectivity index (χ4v) is 4.14. The molecule has 12 heteroatoms. The lowest BCUT2D eigenvalue weighted by Gasteiger charge is -2.11. The van der Waals surface area contributed by atoms with Crippen molar-refractivity contribution in [3.05, 3.63) is 88.2 Å². The van der Waals surface area contributed by atoms with E-state index in [2.05, 4.69) is 14.7 Å². The van der Waals surface area contributed by atoms with Gasteiger partial charge < -0.3 is 0 Å². The molecule has 1 N–H and O–H groups in total. The molecule has 0 spiro atoms. The summed E-state index contributed by atoms with van der Waals surface area (Å²) in [6.45, 7) is -0.165. The first-order valence-corrected chi connectivity index (χ1v) is 11.3. The van der Waals surface area contributed by atoms with E-state index in [0.717, 1.165) is 24.3 Å². The number of benzene rings is 1. The fourth-order valence-electron chi connectivity index (χ4n) is 2.86. The minimum absolute atomic E-state index is 0.0245. The second kappa shape index (κ2) is 9.94. The summed E-state index contributed by atoms with van der Waals surface area (Å²) in [7, 11) is -3.97. The molecule has 174 valence electrons. The Labute approximate surface area is 191 Å². The predicted octanol–water partition coefficient (Wildman–Crippen LogP) is 4.58. The van der Waals surface area contributed by atoms with Crippen molar-refractivity contribution in [3.63, 3.8) is 0 Å². The molecule has 0 aliphatic heterocycles. The van der Waals surface area contributed by atoms with E-state index in [-0.39, 0.29) is 40.7 Å². The van der Waals surface area contributed by atoms with E-state index < -0.39 is 33.4 Å². The number of carbonyl (C=O) groups is 1. The van der Waals surface area contributed by atoms with Crippen molar-refractivity contribution >= 4 is 27.4 Å². The molecule has 0 aliphatic carbocycles. The average molecular weight is 502 g/mol. The number of nitrogens with one attached hydrogen (secondary N) is 1. The number of ketones is 1. The van der Waals surface area contributed by atoms with Crippen molar-refractivity contribution in [2.45, 2.75) is 30.5 Å². The summed E-state index contributed by atoms with van der Waals surface area (Å²) in [5.41, 5.74) is -0.676. The highest BCUT2D eigenvalue weighted by molar-refractivity contribution is 7.89. The summed E-state index contributed by atoms with van der Waals surface area (Å²) < 4.78 is 79.3. The number of halogens is 5. The number of sulfonamides is 1. The van der Waals surface area contributed by atoms with Crippen LogP contribution in [0.25, 0.3) is 0 Å². The van der Waals surface area contributed by atoms with Crippen molar-refractivity contribution in [1.29, 1.82) is 0 Å². The van der Waals surface area contributed by atoms with E-state index in [4.69, 9.17) is 11.6 Å². The smallest absolute Gasteiger partial charge is 0.292 e. The lowest BCUT2D eigenvalue weighted by Crippen LogP contribution is -2.23. The van der Waals surface area contributed by atoms with Gasteiger partial charge in [-0.25, -0.2) is 17.5 Å². The molecule has 0 saturated heterocycles. The molecule has 1 aromatic carbocycles. The lowest BCUT2D eigenvalue weighted by molar-refractivity contribution is -0.138. The number of carbonyl (C=O) groups excluding carboxylic acids is 1. The Morgan fingerprint density at radius 2 is 1.85 bits per heavy atom. The maximum absolute atomic E-state index is 13.2. The molecule has 0 radical (unpaired) electrons. The number of aryl methyl sites for hydroxylation is 1. The minimum Gasteiger partial charge on any atom is -0.292 e. The van der Waals surface area contributed by atoms with Gasteiger partial charge >= 0.3 is 6.18 Å². The summed E-state index contributed by atoms with van der Waals surface area (Å²) in [5, 5.41) is -0.338. The van der Waals surface area contributed by atoms with Crippen molar-refractivity contribution in [2.75, 3.05) is 0 Å². The van der Waals surface area contributed by atoms with Gasteiger partial charge in [-0.05, 0) is 48.4 Å². The predicted molar refractivity (Wildman–Crippen MR) is 112 cm³/mol. The van der Waals surface area contributed by atoms with Gasteiger partial charge in [-0.15, -0.1) is 0 Å². The van der Waals surface area contributed by atoms with Crippen LogP contribution in [0.4, 0.5) is 17.6 Å². The number of rotatable bonds is 8. The minimum atomic E-state index is -4.57. The van der Waals surface area contributed by atoms with Gasteiger partial charge in [0.1, 0.15) is 11.5 Å². The van der Waals surface area contributed by atoms with Gasteiger partial charge in [-0.1, -0.05) is 17.7 Å². The molecule has 0 bridgehead atoms. The molecule has 0 amide bonds. The zero-order valence-electron chi connectivity index (χ0n) is 16.7. The molecule has 0 saturated carbocycles. The van der Waals surface area contributed by atoms with Gasteiger partial charge in [-0.3, -0.25) is 14.8 Å². The monoisotopic (exact) mass is 501 g/mol. The van der Waals surface area contributed by atoms with Crippen molar-refractivity contribution in [2.24, 2.45) is 0 Å². The Morgan fingerprint density at radius 3 is 2.48 bits per heavy atom. The van der Waals surface area contributed by atoms with E-state index in [1.807, 2.05) is 0 Å². The standard InChI is InChI=1S/C21H16ClF4N3O3S/c22-16-10-14(4-5-17(16)23)33(31,32)29-12-13-3-6-19(28-11-13)20(30)8-7-18-15(21(24,25)26)2-1-9-27-18/h1-6,9-11,29H,7-8,12H2. The Bertz CT molecular complexity index is 1270. The molecule has 2 heterocycles. The first kappa shape index (κ1) is 24.7. The van der Waals surface area contributed by atoms with Gasteiger partial charge in [0.15, 0.2) is 5.78 Å². The van der Waals surface area contributed by atoms with Gasteiger partial charge in [-0.2, -0.15) is 13.2 Å². The third-order valence-electron chi connectivity index (χ3n) is 4.56. The molecular weight excluding hydrogens is 486 g/mol. The molecule has 0 atom stereocenters. The maximum Gasteiger partial charge on any atom is 0.418 e. The van der Waals surface area contributed by atoms with Crippen LogP contribution < -0.4 is 4.72 Å². The van der Waals surface area contributed by atoms with Crippen molar-refractivity contribution in [3.8, 4) is 0 Å². The summed E-state index contributed by atoms with van der Waals surface area (Å²) in [5.74, 6) is -1.24. The molecule has 0 fully saturated rings. The Balaban J connectivity index is 1.61. The normalized spacial score (nSPS) is 12.0. The van der Waals surface area contributed by atoms with Gasteiger partial charge in [0.2, 0.25) is 10.0 Å². The number of nitrogens with zero attached hydrogens (tertiary/aromatic N) is 2. The van der Waals surface area contributed by atoms with Gasteiger partial charge in [0.25, 0.3) is 0 Å². The van der Waals surface area contributed by atoms with E-state index in [9.17, 15) is 30.8 Å². The van der Waals surface area contributed by atoms with Crippen LogP contribution in [-0.2, 0) is 29.2 Å². The number of Topliss-reactive ketones (excluding diaryl/α,β-unsaturated/α-hetero) is 1. The number of pyridine rings is 2. The number of hydrogen-bond donors (Lipinski definition) is 1. The second-order valence-corrected chi connectivity index (χ2v) is 9.04. The number of hydrogen-bond acceptors (Lipinski definition) is 5. The van der Waals surface area contributed by atoms with Crippen LogP contribution >= 0.6 is 11.6 Å². The van der Waals surface area contributed by atoms with Crippen LogP contribution in [0.15, 0.2) is 59.8 Å². The molecule has 0 unspecified atom stereocenters. The summed E-state index contributed by atoms with van der Waals surface area (Å²) >= 11 is 5.61. The molecule has 3 aromatic rings. The van der Waals surface area contributed by atoms with E-state index in [0.29, 0.717) is 5.56 Å². The van der Waals surface area contributed by atoms with Crippen LogP contribution in [0.5, 0.6) is 0 Å². The van der Waals surface area contributed by atoms with Gasteiger partial charge in [0, 0.05) is 25.4 Å². The fraction of sp³-hybridized carbons (Fsp3) is 0.190. The van der Waals surface area contributed by atoms with Crippen LogP contribution in [0.1, 0.15) is 33.7 Å². The number of aromatic nitrogens is 2. The lowest BCUT2D eigenvalue weighted by atomic mass is 10.1. The van der Waals surface area contributed by atoms with Crippen LogP contribution in [0, 0.1) is 5.82 Å². The quantitative estimate of drug-likeness (QED) is 0.360. The first-order chi connectivity index (χ1) is 15.5. The highest BCUT2D eigenvalue weighted by Gasteiger charge is 2.33. The van der Waals surface area contributed by atoms with E-state index in [1.54, 1.807) is 0 Å². The zero-order valence-corrected chi connectivity index (χ0v) is 18.3. The molecule has 6 nitrogen and oxygen atoms in total. The summed E-state index contributed by atoms with van der Waals surface area (Å²) in [4.78, 5) is 19.8. The Hall–Kier alpha value is -2.89. The highest BCUT2D eigenvalue weighted by atomic mass is 35.5. The topological polar surface area (TPSA) is 89.0 Å². The molecule has 3 rings (SSSR count). The van der Waals surface area contributed by atoms with Gasteiger partial charge in [0.05, 0.1) is 21.2 Å². The summed E-state index contributed by atoms with van der Waals surface area (Å²) in [6.07, 6.45) is -2.51. The summed E-state index contributed by atoms with van der Waals surface area (Å²) in [6, 6.07) is 7.86.